The Bertz CT molecular complexity index is 974. The van der Waals surface area contributed by atoms with Gasteiger partial charge in [-0.1, -0.05) is 30.3 Å². The predicted octanol–water partition coefficient (Wildman–Crippen LogP) is 3.08. The Kier molecular flexibility index (Phi) is 5.36. The molecule has 3 heterocycles. The van der Waals surface area contributed by atoms with E-state index in [9.17, 15) is 14.9 Å². The van der Waals surface area contributed by atoms with Crippen molar-refractivity contribution in [1.82, 2.24) is 9.80 Å². The number of nitro benzene ring substituents is 1. The molecule has 3 aliphatic rings. The average molecular weight is 421 g/mol. The van der Waals surface area contributed by atoms with Crippen LogP contribution in [0, 0.1) is 16.0 Å². The number of nitro groups is 1. The van der Waals surface area contributed by atoms with Crippen LogP contribution in [0.5, 0.6) is 0 Å². The number of amides is 1. The number of carbonyl (C=O) groups is 1. The summed E-state index contributed by atoms with van der Waals surface area (Å²) in [6, 6.07) is 15.7. The van der Waals surface area contributed by atoms with E-state index in [4.69, 9.17) is 0 Å². The maximum absolute atomic E-state index is 13.5. The van der Waals surface area contributed by atoms with E-state index in [2.05, 4.69) is 34.1 Å². The smallest absolute Gasteiger partial charge is 0.269 e. The topological polar surface area (TPSA) is 69.9 Å². The molecule has 7 nitrogen and oxygen atoms in total. The minimum Gasteiger partial charge on any atom is -0.365 e. The third-order valence-corrected chi connectivity index (χ3v) is 6.97. The van der Waals surface area contributed by atoms with Gasteiger partial charge in [0.15, 0.2) is 0 Å². The van der Waals surface area contributed by atoms with Gasteiger partial charge in [-0.2, -0.15) is 0 Å². The SMILES string of the molecule is O=C([C@@H]1Cc2cc([N+](=O)[O-])ccc2N2CCN(Cc3ccccc3)C[C@H]12)N1CCCC1. The number of hydrogen-bond acceptors (Lipinski definition) is 5. The zero-order valence-electron chi connectivity index (χ0n) is 17.7. The lowest BCUT2D eigenvalue weighted by atomic mass is 9.82. The zero-order valence-corrected chi connectivity index (χ0v) is 17.7. The Hall–Kier alpha value is -2.93. The lowest BCUT2D eigenvalue weighted by Crippen LogP contribution is -2.61. The van der Waals surface area contributed by atoms with Gasteiger partial charge in [-0.3, -0.25) is 19.8 Å². The molecule has 0 aliphatic carbocycles. The Labute approximate surface area is 182 Å². The van der Waals surface area contributed by atoms with E-state index < -0.39 is 0 Å². The van der Waals surface area contributed by atoms with Gasteiger partial charge in [-0.15, -0.1) is 0 Å². The normalized spacial score (nSPS) is 23.4. The lowest BCUT2D eigenvalue weighted by molar-refractivity contribution is -0.384. The fourth-order valence-electron chi connectivity index (χ4n) is 5.42. The van der Waals surface area contributed by atoms with E-state index in [1.807, 2.05) is 17.0 Å². The average Bonchev–Trinajstić information content (AvgIpc) is 3.33. The van der Waals surface area contributed by atoms with Crippen LogP contribution in [-0.2, 0) is 17.8 Å². The highest BCUT2D eigenvalue weighted by Gasteiger charge is 2.43. The fraction of sp³-hybridized carbons (Fsp3) is 0.458. The van der Waals surface area contributed by atoms with Crippen LogP contribution in [0.25, 0.3) is 0 Å². The van der Waals surface area contributed by atoms with Crippen LogP contribution in [0.1, 0.15) is 24.0 Å². The number of carbonyl (C=O) groups excluding carboxylic acids is 1. The van der Waals surface area contributed by atoms with Gasteiger partial charge in [-0.25, -0.2) is 0 Å². The van der Waals surface area contributed by atoms with Gasteiger partial charge in [-0.05, 0) is 36.5 Å². The number of piperazine rings is 1. The monoisotopic (exact) mass is 420 g/mol. The second-order valence-corrected chi connectivity index (χ2v) is 8.89. The van der Waals surface area contributed by atoms with Crippen LogP contribution >= 0.6 is 0 Å². The van der Waals surface area contributed by atoms with Crippen molar-refractivity contribution >= 4 is 17.3 Å². The van der Waals surface area contributed by atoms with Crippen LogP contribution < -0.4 is 4.90 Å². The Morgan fingerprint density at radius 3 is 2.55 bits per heavy atom. The van der Waals surface area contributed by atoms with Gasteiger partial charge in [0.05, 0.1) is 16.9 Å². The summed E-state index contributed by atoms with van der Waals surface area (Å²) in [4.78, 5) is 31.2. The van der Waals surface area contributed by atoms with Crippen molar-refractivity contribution < 1.29 is 9.72 Å². The molecule has 2 saturated heterocycles. The number of nitrogens with zero attached hydrogens (tertiary/aromatic N) is 4. The van der Waals surface area contributed by atoms with Crippen molar-refractivity contribution in [2.75, 3.05) is 37.6 Å². The van der Waals surface area contributed by atoms with Crippen molar-refractivity contribution in [3.05, 3.63) is 69.8 Å². The van der Waals surface area contributed by atoms with Crippen LogP contribution in [0.3, 0.4) is 0 Å². The van der Waals surface area contributed by atoms with Crippen LogP contribution in [0.4, 0.5) is 11.4 Å². The molecule has 0 saturated carbocycles. The van der Waals surface area contributed by atoms with E-state index >= 15 is 0 Å². The molecule has 2 aromatic carbocycles. The standard InChI is InChI=1S/C24H28N4O3/c29-24(26-10-4-5-11-26)21-15-19-14-20(28(30)31)8-9-22(19)27-13-12-25(17-23(21)27)16-18-6-2-1-3-7-18/h1-3,6-9,14,21,23H,4-5,10-13,15-17H2/t21-,23-/m1/s1. The van der Waals surface area contributed by atoms with Gasteiger partial charge in [0, 0.05) is 57.1 Å². The first-order valence-corrected chi connectivity index (χ1v) is 11.2. The van der Waals surface area contributed by atoms with Crippen molar-refractivity contribution in [2.24, 2.45) is 5.92 Å². The molecule has 5 rings (SSSR count). The summed E-state index contributed by atoms with van der Waals surface area (Å²) in [6.45, 7) is 5.10. The highest BCUT2D eigenvalue weighted by atomic mass is 16.6. The summed E-state index contributed by atoms with van der Waals surface area (Å²) in [6.07, 6.45) is 2.71. The van der Waals surface area contributed by atoms with Gasteiger partial charge < -0.3 is 9.80 Å². The third kappa shape index (κ3) is 3.90. The summed E-state index contributed by atoms with van der Waals surface area (Å²) in [5.74, 6) is 0.0531. The summed E-state index contributed by atoms with van der Waals surface area (Å²) >= 11 is 0. The van der Waals surface area contributed by atoms with Crippen molar-refractivity contribution in [1.29, 1.82) is 0 Å². The van der Waals surface area contributed by atoms with Crippen LogP contribution in [-0.4, -0.2) is 59.4 Å². The molecule has 7 heteroatoms. The number of hydrogen-bond donors (Lipinski definition) is 0. The molecule has 0 unspecified atom stereocenters. The largest absolute Gasteiger partial charge is 0.365 e. The number of benzene rings is 2. The molecule has 0 N–H and O–H groups in total. The minimum absolute atomic E-state index is 0.0968. The Morgan fingerprint density at radius 2 is 1.81 bits per heavy atom. The highest BCUT2D eigenvalue weighted by Crippen LogP contribution is 2.39. The lowest BCUT2D eigenvalue weighted by Gasteiger charge is -2.49. The maximum atomic E-state index is 13.5. The molecule has 2 aromatic rings. The molecule has 0 aromatic heterocycles. The van der Waals surface area contributed by atoms with E-state index in [1.54, 1.807) is 12.1 Å². The van der Waals surface area contributed by atoms with Gasteiger partial charge in [0.2, 0.25) is 5.91 Å². The second-order valence-electron chi connectivity index (χ2n) is 8.89. The molecule has 31 heavy (non-hydrogen) atoms. The second kappa shape index (κ2) is 8.30. The Balaban J connectivity index is 1.44. The molecule has 1 amide bonds. The summed E-state index contributed by atoms with van der Waals surface area (Å²) in [5, 5.41) is 11.3. The minimum atomic E-state index is -0.346. The zero-order chi connectivity index (χ0) is 21.4. The molecular formula is C24H28N4O3. The van der Waals surface area contributed by atoms with Crippen molar-refractivity contribution in [2.45, 2.75) is 31.8 Å². The van der Waals surface area contributed by atoms with Crippen molar-refractivity contribution in [3.8, 4) is 0 Å². The van der Waals surface area contributed by atoms with Crippen molar-refractivity contribution in [3.63, 3.8) is 0 Å². The van der Waals surface area contributed by atoms with Gasteiger partial charge >= 0.3 is 0 Å². The molecular weight excluding hydrogens is 392 g/mol. The maximum Gasteiger partial charge on any atom is 0.269 e. The summed E-state index contributed by atoms with van der Waals surface area (Å²) in [7, 11) is 0. The first-order chi connectivity index (χ1) is 15.1. The fourth-order valence-corrected chi connectivity index (χ4v) is 5.42. The first-order valence-electron chi connectivity index (χ1n) is 11.2. The summed E-state index contributed by atoms with van der Waals surface area (Å²) in [5.41, 5.74) is 3.37. The highest BCUT2D eigenvalue weighted by molar-refractivity contribution is 5.82. The van der Waals surface area contributed by atoms with Gasteiger partial charge in [0.25, 0.3) is 5.69 Å². The summed E-state index contributed by atoms with van der Waals surface area (Å²) < 4.78 is 0. The number of anilines is 1. The molecule has 3 aliphatic heterocycles. The number of non-ortho nitro benzene ring substituents is 1. The van der Waals surface area contributed by atoms with Gasteiger partial charge in [0.1, 0.15) is 0 Å². The number of likely N-dealkylation sites (tertiary alicyclic amines) is 1. The van der Waals surface area contributed by atoms with Crippen LogP contribution in [0.15, 0.2) is 48.5 Å². The van der Waals surface area contributed by atoms with E-state index in [0.29, 0.717) is 6.42 Å². The molecule has 0 bridgehead atoms. The first kappa shape index (κ1) is 20.0. The molecule has 2 fully saturated rings. The molecule has 2 atom stereocenters. The number of fused-ring (bicyclic) bond motifs is 3. The van der Waals surface area contributed by atoms with E-state index in [-0.39, 0.29) is 28.5 Å². The molecule has 0 spiro atoms. The third-order valence-electron chi connectivity index (χ3n) is 6.97. The number of rotatable bonds is 4. The molecule has 162 valence electrons. The molecule has 0 radical (unpaired) electrons. The van der Waals surface area contributed by atoms with E-state index in [1.165, 1.54) is 5.56 Å². The van der Waals surface area contributed by atoms with Crippen LogP contribution in [0.2, 0.25) is 0 Å². The predicted molar refractivity (Wildman–Crippen MR) is 119 cm³/mol. The van der Waals surface area contributed by atoms with E-state index in [0.717, 1.165) is 63.4 Å². The quantitative estimate of drug-likeness (QED) is 0.562. The Morgan fingerprint density at radius 1 is 1.03 bits per heavy atom.